The number of carboxylic acids is 1. The summed E-state index contributed by atoms with van der Waals surface area (Å²) in [5.74, 6) is -0.734. The van der Waals surface area contributed by atoms with Crippen molar-refractivity contribution in [3.8, 4) is 0 Å². The van der Waals surface area contributed by atoms with Gasteiger partial charge < -0.3 is 9.67 Å². The molecule has 1 aromatic rings. The van der Waals surface area contributed by atoms with Gasteiger partial charge in [0.25, 0.3) is 0 Å². The maximum Gasteiger partial charge on any atom is 0.305 e. The summed E-state index contributed by atoms with van der Waals surface area (Å²) in [4.78, 5) is 13.5. The molecular weight excluding hydrogens is 300 g/mol. The standard InChI is InChI=1S/C17H21ClN2O2/c1-19-11-3-5-14(19)17-12-8-10(18)2-4-13(12)20(15(17)9-11)7-6-16(21)22/h4,8,10-11,14H,2-3,5-7,9H2,1H3,(H,21,22). The molecule has 3 unspecified atom stereocenters. The molecule has 118 valence electrons. The molecule has 3 heterocycles. The van der Waals surface area contributed by atoms with Gasteiger partial charge in [-0.3, -0.25) is 9.69 Å². The molecule has 1 aromatic heterocycles. The van der Waals surface area contributed by atoms with Gasteiger partial charge in [-0.1, -0.05) is 12.2 Å². The van der Waals surface area contributed by atoms with Crippen molar-refractivity contribution in [2.24, 2.45) is 0 Å². The number of carbonyl (C=O) groups is 1. The Hall–Kier alpha value is -1.26. The van der Waals surface area contributed by atoms with Crippen LogP contribution >= 0.6 is 11.6 Å². The Bertz CT molecular complexity index is 752. The van der Waals surface area contributed by atoms with Gasteiger partial charge in [0.1, 0.15) is 0 Å². The third kappa shape index (κ3) is 2.04. The monoisotopic (exact) mass is 320 g/mol. The molecule has 2 aliphatic heterocycles. The number of nitrogens with zero attached hydrogens (tertiary/aromatic N) is 2. The zero-order valence-corrected chi connectivity index (χ0v) is 13.5. The summed E-state index contributed by atoms with van der Waals surface area (Å²) in [5.41, 5.74) is 2.77. The van der Waals surface area contributed by atoms with Gasteiger partial charge in [-0.15, -0.1) is 11.6 Å². The van der Waals surface area contributed by atoms with Crippen molar-refractivity contribution in [1.29, 1.82) is 0 Å². The second-order valence-corrected chi connectivity index (χ2v) is 7.25. The Morgan fingerprint density at radius 1 is 1.45 bits per heavy atom. The lowest BCUT2D eigenvalue weighted by Crippen LogP contribution is -2.37. The Balaban J connectivity index is 1.91. The first kappa shape index (κ1) is 14.3. The van der Waals surface area contributed by atoms with Gasteiger partial charge in [-0.2, -0.15) is 0 Å². The number of hydrogen-bond donors (Lipinski definition) is 1. The van der Waals surface area contributed by atoms with E-state index in [-0.39, 0.29) is 11.8 Å². The molecule has 0 aromatic carbocycles. The van der Waals surface area contributed by atoms with Crippen molar-refractivity contribution in [3.63, 3.8) is 0 Å². The van der Waals surface area contributed by atoms with E-state index in [4.69, 9.17) is 16.7 Å². The van der Waals surface area contributed by atoms with E-state index in [0.717, 1.165) is 12.8 Å². The molecule has 0 spiro atoms. The third-order valence-electron chi connectivity index (χ3n) is 5.53. The Kier molecular flexibility index (Phi) is 3.35. The SMILES string of the molecule is CN1C2CCC1c1c(n(CCC(=O)O)c3c1=CC(Cl)CC=3)C2. The summed E-state index contributed by atoms with van der Waals surface area (Å²) < 4.78 is 2.26. The van der Waals surface area contributed by atoms with Crippen LogP contribution in [-0.4, -0.2) is 39.0 Å². The van der Waals surface area contributed by atoms with Crippen LogP contribution in [0.15, 0.2) is 0 Å². The third-order valence-corrected chi connectivity index (χ3v) is 5.83. The lowest BCUT2D eigenvalue weighted by Gasteiger charge is -2.32. The maximum absolute atomic E-state index is 11.0. The first-order valence-corrected chi connectivity index (χ1v) is 8.51. The van der Waals surface area contributed by atoms with E-state index >= 15 is 0 Å². The first-order valence-electron chi connectivity index (χ1n) is 8.07. The van der Waals surface area contributed by atoms with E-state index in [9.17, 15) is 4.79 Å². The van der Waals surface area contributed by atoms with E-state index in [2.05, 4.69) is 28.7 Å². The van der Waals surface area contributed by atoms with E-state index in [1.807, 2.05) is 0 Å². The van der Waals surface area contributed by atoms with Crippen LogP contribution in [0.4, 0.5) is 0 Å². The quantitative estimate of drug-likeness (QED) is 0.852. The Labute approximate surface area is 134 Å². The summed E-state index contributed by atoms with van der Waals surface area (Å²) >= 11 is 6.36. The summed E-state index contributed by atoms with van der Waals surface area (Å²) in [6.45, 7) is 0.563. The predicted octanol–water partition coefficient (Wildman–Crippen LogP) is 1.23. The van der Waals surface area contributed by atoms with E-state index in [1.165, 1.54) is 34.7 Å². The second-order valence-electron chi connectivity index (χ2n) is 6.69. The van der Waals surface area contributed by atoms with E-state index in [1.54, 1.807) is 0 Å². The molecule has 1 aliphatic carbocycles. The normalized spacial score (nSPS) is 29.5. The topological polar surface area (TPSA) is 45.5 Å². The molecule has 2 bridgehead atoms. The highest BCUT2D eigenvalue weighted by Gasteiger charge is 2.40. The zero-order chi connectivity index (χ0) is 15.4. The molecule has 0 amide bonds. The summed E-state index contributed by atoms with van der Waals surface area (Å²) in [7, 11) is 2.22. The van der Waals surface area contributed by atoms with Crippen LogP contribution in [0.1, 0.15) is 43.0 Å². The van der Waals surface area contributed by atoms with E-state index in [0.29, 0.717) is 18.6 Å². The second kappa shape index (κ2) is 5.14. The first-order chi connectivity index (χ1) is 10.6. The van der Waals surface area contributed by atoms with Gasteiger partial charge in [-0.25, -0.2) is 0 Å². The van der Waals surface area contributed by atoms with Crippen molar-refractivity contribution in [1.82, 2.24) is 9.47 Å². The van der Waals surface area contributed by atoms with Crippen LogP contribution in [0, 0.1) is 0 Å². The number of fused-ring (bicyclic) bond motifs is 6. The van der Waals surface area contributed by atoms with Gasteiger partial charge in [0, 0.05) is 41.3 Å². The minimum atomic E-state index is -0.734. The van der Waals surface area contributed by atoms with Crippen molar-refractivity contribution in [2.45, 2.75) is 56.1 Å². The number of aromatic nitrogens is 1. The van der Waals surface area contributed by atoms with Crippen LogP contribution in [0.2, 0.25) is 0 Å². The van der Waals surface area contributed by atoms with Gasteiger partial charge in [0.15, 0.2) is 0 Å². The average Bonchev–Trinajstić information content (AvgIpc) is 2.88. The fraction of sp³-hybridized carbons (Fsp3) is 0.588. The number of carboxylic acid groups (broad SMARTS) is 1. The molecule has 22 heavy (non-hydrogen) atoms. The highest BCUT2D eigenvalue weighted by atomic mass is 35.5. The van der Waals surface area contributed by atoms with Crippen molar-refractivity contribution >= 4 is 29.7 Å². The minimum absolute atomic E-state index is 0.0522. The highest BCUT2D eigenvalue weighted by Crippen LogP contribution is 2.41. The van der Waals surface area contributed by atoms with Crippen molar-refractivity contribution < 1.29 is 9.90 Å². The van der Waals surface area contributed by atoms with Gasteiger partial charge in [0.2, 0.25) is 0 Å². The van der Waals surface area contributed by atoms with Gasteiger partial charge in [0.05, 0.1) is 11.8 Å². The number of hydrogen-bond acceptors (Lipinski definition) is 2. The summed E-state index contributed by atoms with van der Waals surface area (Å²) in [5, 5.41) is 11.6. The zero-order valence-electron chi connectivity index (χ0n) is 12.8. The molecule has 1 saturated heterocycles. The molecule has 3 atom stereocenters. The molecule has 5 heteroatoms. The largest absolute Gasteiger partial charge is 0.481 e. The lowest BCUT2D eigenvalue weighted by molar-refractivity contribution is -0.137. The van der Waals surface area contributed by atoms with E-state index < -0.39 is 5.97 Å². The highest BCUT2D eigenvalue weighted by molar-refractivity contribution is 6.24. The molecule has 3 aliphatic rings. The van der Waals surface area contributed by atoms with Gasteiger partial charge in [-0.05, 0) is 31.9 Å². The molecule has 4 rings (SSSR count). The maximum atomic E-state index is 11.0. The Morgan fingerprint density at radius 2 is 2.27 bits per heavy atom. The summed E-state index contributed by atoms with van der Waals surface area (Å²) in [6, 6.07) is 1.07. The number of alkyl halides is 1. The number of halogens is 1. The van der Waals surface area contributed by atoms with Crippen LogP contribution in [0.5, 0.6) is 0 Å². The predicted molar refractivity (Wildman–Crippen MR) is 86.4 cm³/mol. The molecule has 1 N–H and O–H groups in total. The van der Waals surface area contributed by atoms with Crippen molar-refractivity contribution in [3.05, 3.63) is 21.8 Å². The molecule has 0 radical (unpaired) electrons. The molecule has 4 nitrogen and oxygen atoms in total. The van der Waals surface area contributed by atoms with Crippen LogP contribution in [0.25, 0.3) is 12.2 Å². The summed E-state index contributed by atoms with van der Waals surface area (Å²) in [6.07, 6.45) is 8.84. The number of likely N-dealkylation sites (N-methyl/N-ethyl adjacent to an activating group) is 1. The van der Waals surface area contributed by atoms with Crippen LogP contribution in [0.3, 0.4) is 0 Å². The number of rotatable bonds is 3. The average molecular weight is 321 g/mol. The molecular formula is C17H21ClN2O2. The number of aliphatic carboxylic acids is 1. The molecule has 1 fully saturated rings. The lowest BCUT2D eigenvalue weighted by atomic mass is 9.97. The van der Waals surface area contributed by atoms with Crippen LogP contribution < -0.4 is 10.6 Å². The fourth-order valence-electron chi connectivity index (χ4n) is 4.48. The Morgan fingerprint density at radius 3 is 3.05 bits per heavy atom. The van der Waals surface area contributed by atoms with Crippen molar-refractivity contribution in [2.75, 3.05) is 7.05 Å². The van der Waals surface area contributed by atoms with Gasteiger partial charge >= 0.3 is 5.97 Å². The molecule has 0 saturated carbocycles. The smallest absolute Gasteiger partial charge is 0.305 e. The minimum Gasteiger partial charge on any atom is -0.481 e. The van der Waals surface area contributed by atoms with Crippen LogP contribution in [-0.2, 0) is 17.8 Å². The fourth-order valence-corrected chi connectivity index (χ4v) is 4.70.